The molecule has 1 aromatic rings. The standard InChI is InChI=1S/C11H16Cl3N3O2S/c1-3-17(20(2,18)19)6-4-5-15-11-9(13)7-8(12)10(14)16-11/h7H,3-6H2,1-2H3,(H,15,16). The lowest BCUT2D eigenvalue weighted by molar-refractivity contribution is 0.428. The summed E-state index contributed by atoms with van der Waals surface area (Å²) in [6, 6.07) is 1.51. The predicted molar refractivity (Wildman–Crippen MR) is 84.5 cm³/mol. The highest BCUT2D eigenvalue weighted by Gasteiger charge is 2.13. The average Bonchev–Trinajstić information content (AvgIpc) is 2.33. The van der Waals surface area contributed by atoms with Gasteiger partial charge >= 0.3 is 0 Å². The summed E-state index contributed by atoms with van der Waals surface area (Å²) in [6.45, 7) is 3.20. The molecule has 5 nitrogen and oxygen atoms in total. The average molecular weight is 361 g/mol. The zero-order valence-electron chi connectivity index (χ0n) is 11.2. The van der Waals surface area contributed by atoms with Crippen molar-refractivity contribution in [3.05, 3.63) is 21.3 Å². The molecule has 0 aromatic carbocycles. The van der Waals surface area contributed by atoms with Crippen LogP contribution < -0.4 is 5.32 Å². The Morgan fingerprint density at radius 1 is 1.30 bits per heavy atom. The number of nitrogens with one attached hydrogen (secondary N) is 1. The van der Waals surface area contributed by atoms with Gasteiger partial charge in [-0.15, -0.1) is 0 Å². The van der Waals surface area contributed by atoms with Crippen molar-refractivity contribution in [2.75, 3.05) is 31.2 Å². The van der Waals surface area contributed by atoms with E-state index < -0.39 is 10.0 Å². The molecule has 0 aliphatic carbocycles. The number of nitrogens with zero attached hydrogens (tertiary/aromatic N) is 2. The quantitative estimate of drug-likeness (QED) is 0.599. The maximum Gasteiger partial charge on any atom is 0.211 e. The van der Waals surface area contributed by atoms with Gasteiger partial charge in [-0.1, -0.05) is 41.7 Å². The Balaban J connectivity index is 2.51. The van der Waals surface area contributed by atoms with Crippen molar-refractivity contribution < 1.29 is 8.42 Å². The number of aromatic nitrogens is 1. The highest BCUT2D eigenvalue weighted by Crippen LogP contribution is 2.28. The Hall–Kier alpha value is -0.270. The van der Waals surface area contributed by atoms with E-state index in [-0.39, 0.29) is 10.2 Å². The first kappa shape index (κ1) is 17.8. The number of hydrogen-bond acceptors (Lipinski definition) is 4. The van der Waals surface area contributed by atoms with E-state index >= 15 is 0 Å². The summed E-state index contributed by atoms with van der Waals surface area (Å²) < 4.78 is 24.2. The Labute approximate surface area is 134 Å². The van der Waals surface area contributed by atoms with E-state index in [1.165, 1.54) is 16.6 Å². The molecule has 20 heavy (non-hydrogen) atoms. The summed E-state index contributed by atoms with van der Waals surface area (Å²) in [5.74, 6) is 0.434. The minimum Gasteiger partial charge on any atom is -0.369 e. The molecule has 0 amide bonds. The summed E-state index contributed by atoms with van der Waals surface area (Å²) in [6.07, 6.45) is 1.82. The van der Waals surface area contributed by atoms with Crippen LogP contribution in [0.15, 0.2) is 6.07 Å². The van der Waals surface area contributed by atoms with E-state index in [2.05, 4.69) is 10.3 Å². The van der Waals surface area contributed by atoms with Crippen molar-refractivity contribution in [3.63, 3.8) is 0 Å². The Morgan fingerprint density at radius 3 is 2.50 bits per heavy atom. The molecule has 9 heteroatoms. The van der Waals surface area contributed by atoms with Crippen molar-refractivity contribution in [2.45, 2.75) is 13.3 Å². The maximum atomic E-state index is 11.4. The summed E-state index contributed by atoms with van der Waals surface area (Å²) in [4.78, 5) is 4.02. The molecule has 1 aromatic heterocycles. The van der Waals surface area contributed by atoms with Gasteiger partial charge in [0.25, 0.3) is 0 Å². The third-order valence-electron chi connectivity index (χ3n) is 2.59. The van der Waals surface area contributed by atoms with E-state index in [1.54, 1.807) is 6.92 Å². The normalized spacial score (nSPS) is 11.9. The van der Waals surface area contributed by atoms with Crippen LogP contribution >= 0.6 is 34.8 Å². The maximum absolute atomic E-state index is 11.4. The van der Waals surface area contributed by atoms with Crippen LogP contribution in [0.3, 0.4) is 0 Å². The summed E-state index contributed by atoms with van der Waals surface area (Å²) in [7, 11) is -3.16. The summed E-state index contributed by atoms with van der Waals surface area (Å²) >= 11 is 17.5. The van der Waals surface area contributed by atoms with Gasteiger partial charge in [-0.25, -0.2) is 17.7 Å². The largest absolute Gasteiger partial charge is 0.369 e. The van der Waals surface area contributed by atoms with Crippen LogP contribution in [0.25, 0.3) is 0 Å². The Morgan fingerprint density at radius 2 is 1.95 bits per heavy atom. The second kappa shape index (κ2) is 7.66. The molecule has 1 heterocycles. The summed E-state index contributed by atoms with van der Waals surface area (Å²) in [5.41, 5.74) is 0. The second-order valence-electron chi connectivity index (χ2n) is 4.13. The molecular formula is C11H16Cl3N3O2S. The van der Waals surface area contributed by atoms with Crippen LogP contribution in [-0.4, -0.2) is 43.6 Å². The number of anilines is 1. The van der Waals surface area contributed by atoms with Crippen molar-refractivity contribution in [3.8, 4) is 0 Å². The number of rotatable bonds is 7. The van der Waals surface area contributed by atoms with Gasteiger partial charge in [-0.2, -0.15) is 0 Å². The molecular weight excluding hydrogens is 345 g/mol. The fraction of sp³-hybridized carbons (Fsp3) is 0.545. The van der Waals surface area contributed by atoms with Crippen LogP contribution in [-0.2, 0) is 10.0 Å². The van der Waals surface area contributed by atoms with Gasteiger partial charge in [-0.05, 0) is 12.5 Å². The van der Waals surface area contributed by atoms with Crippen LogP contribution in [0.5, 0.6) is 0 Å². The van der Waals surface area contributed by atoms with Gasteiger partial charge in [0.1, 0.15) is 11.0 Å². The van der Waals surface area contributed by atoms with Crippen LogP contribution in [0, 0.1) is 0 Å². The number of sulfonamides is 1. The van der Waals surface area contributed by atoms with Crippen molar-refractivity contribution in [2.24, 2.45) is 0 Å². The van der Waals surface area contributed by atoms with E-state index in [0.717, 1.165) is 0 Å². The fourth-order valence-corrected chi connectivity index (χ4v) is 3.08. The zero-order valence-corrected chi connectivity index (χ0v) is 14.2. The lowest BCUT2D eigenvalue weighted by Gasteiger charge is -2.17. The van der Waals surface area contributed by atoms with Gasteiger partial charge in [0.05, 0.1) is 16.3 Å². The Bertz CT molecular complexity index is 566. The number of hydrogen-bond donors (Lipinski definition) is 1. The van der Waals surface area contributed by atoms with Crippen LogP contribution in [0.1, 0.15) is 13.3 Å². The highest BCUT2D eigenvalue weighted by molar-refractivity contribution is 7.88. The predicted octanol–water partition coefficient (Wildman–Crippen LogP) is 3.13. The third kappa shape index (κ3) is 5.26. The van der Waals surface area contributed by atoms with Crippen LogP contribution in [0.4, 0.5) is 5.82 Å². The smallest absolute Gasteiger partial charge is 0.211 e. The van der Waals surface area contributed by atoms with Gasteiger partial charge in [0.2, 0.25) is 10.0 Å². The number of pyridine rings is 1. The SMILES string of the molecule is CCN(CCCNc1nc(Cl)c(Cl)cc1Cl)S(C)(=O)=O. The van der Waals surface area contributed by atoms with Crippen molar-refractivity contribution in [1.29, 1.82) is 0 Å². The molecule has 0 atom stereocenters. The molecule has 0 spiro atoms. The molecule has 1 rings (SSSR count). The molecule has 0 bridgehead atoms. The van der Waals surface area contributed by atoms with Gasteiger partial charge < -0.3 is 5.32 Å². The molecule has 1 N–H and O–H groups in total. The van der Waals surface area contributed by atoms with Crippen LogP contribution in [0.2, 0.25) is 15.2 Å². The van der Waals surface area contributed by atoms with Gasteiger partial charge in [0.15, 0.2) is 0 Å². The Kier molecular flexibility index (Phi) is 6.81. The summed E-state index contributed by atoms with van der Waals surface area (Å²) in [5, 5.41) is 3.83. The first-order valence-electron chi connectivity index (χ1n) is 5.96. The molecule has 0 fully saturated rings. The monoisotopic (exact) mass is 359 g/mol. The number of halogens is 3. The second-order valence-corrected chi connectivity index (χ2v) is 7.28. The molecule has 0 radical (unpaired) electrons. The molecule has 0 aliphatic heterocycles. The van der Waals surface area contributed by atoms with Gasteiger partial charge in [-0.3, -0.25) is 0 Å². The third-order valence-corrected chi connectivity index (χ3v) is 4.93. The van der Waals surface area contributed by atoms with Crippen molar-refractivity contribution >= 4 is 50.6 Å². The minimum atomic E-state index is -3.16. The minimum absolute atomic E-state index is 0.171. The van der Waals surface area contributed by atoms with E-state index in [9.17, 15) is 8.42 Å². The molecule has 0 unspecified atom stereocenters. The lowest BCUT2D eigenvalue weighted by Crippen LogP contribution is -2.31. The highest BCUT2D eigenvalue weighted by atomic mass is 35.5. The topological polar surface area (TPSA) is 62.3 Å². The molecule has 0 aliphatic rings. The first-order chi connectivity index (χ1) is 9.25. The first-order valence-corrected chi connectivity index (χ1v) is 8.94. The van der Waals surface area contributed by atoms with E-state index in [4.69, 9.17) is 34.8 Å². The molecule has 114 valence electrons. The molecule has 0 saturated carbocycles. The molecule has 0 saturated heterocycles. The lowest BCUT2D eigenvalue weighted by atomic mass is 10.4. The van der Waals surface area contributed by atoms with E-state index in [1.807, 2.05) is 0 Å². The fourth-order valence-electron chi connectivity index (χ4n) is 1.59. The van der Waals surface area contributed by atoms with Gasteiger partial charge in [0, 0.05) is 19.6 Å². The van der Waals surface area contributed by atoms with E-state index in [0.29, 0.717) is 36.9 Å². The van der Waals surface area contributed by atoms with Crippen molar-refractivity contribution in [1.82, 2.24) is 9.29 Å². The zero-order chi connectivity index (χ0) is 15.3.